The van der Waals surface area contributed by atoms with Gasteiger partial charge in [0.05, 0.1) is 11.6 Å². The highest BCUT2D eigenvalue weighted by atomic mass is 19.4. The Labute approximate surface area is 113 Å². The molecule has 0 radical (unpaired) electrons. The van der Waals surface area contributed by atoms with Crippen LogP contribution in [-0.4, -0.2) is 11.7 Å². The van der Waals surface area contributed by atoms with Crippen LogP contribution in [0.2, 0.25) is 0 Å². The Hall–Kier alpha value is -2.36. The molecule has 1 aromatic carbocycles. The number of hydrogen-bond acceptors (Lipinski definition) is 3. The van der Waals surface area contributed by atoms with Gasteiger partial charge in [-0.2, -0.15) is 18.4 Å². The molecule has 1 rings (SSSR count). The summed E-state index contributed by atoms with van der Waals surface area (Å²) in [5, 5.41) is 10.9. The topological polar surface area (TPSA) is 70.0 Å². The second kappa shape index (κ2) is 5.74. The molecule has 20 heavy (non-hydrogen) atoms. The third kappa shape index (κ3) is 3.57. The highest BCUT2D eigenvalue weighted by Gasteiger charge is 2.32. The van der Waals surface area contributed by atoms with Crippen molar-refractivity contribution in [2.24, 2.45) is 5.92 Å². The van der Waals surface area contributed by atoms with E-state index in [2.05, 4.69) is 5.32 Å². The summed E-state index contributed by atoms with van der Waals surface area (Å²) < 4.78 is 37.7. The zero-order valence-electron chi connectivity index (χ0n) is 10.7. The lowest BCUT2D eigenvalue weighted by Crippen LogP contribution is -2.27. The minimum absolute atomic E-state index is 0.0633. The molecule has 0 fully saturated rings. The lowest BCUT2D eigenvalue weighted by Gasteiger charge is -2.13. The summed E-state index contributed by atoms with van der Waals surface area (Å²) in [5.41, 5.74) is -0.771. The Morgan fingerprint density at radius 2 is 1.95 bits per heavy atom. The van der Waals surface area contributed by atoms with Gasteiger partial charge in [-0.25, -0.2) is 0 Å². The summed E-state index contributed by atoms with van der Waals surface area (Å²) in [6.45, 7) is 2.34. The molecule has 106 valence electrons. The third-order valence-corrected chi connectivity index (χ3v) is 2.60. The molecule has 0 aromatic heterocycles. The van der Waals surface area contributed by atoms with Gasteiger partial charge >= 0.3 is 6.18 Å². The first-order valence-electron chi connectivity index (χ1n) is 5.55. The molecule has 7 heteroatoms. The first-order valence-corrected chi connectivity index (χ1v) is 5.55. The molecule has 0 aliphatic heterocycles. The number of amides is 1. The summed E-state index contributed by atoms with van der Waals surface area (Å²) in [5.74, 6) is -2.97. The molecule has 1 amide bonds. The van der Waals surface area contributed by atoms with Crippen LogP contribution < -0.4 is 5.32 Å². The molecule has 1 N–H and O–H groups in total. The Morgan fingerprint density at radius 1 is 1.35 bits per heavy atom. The number of carbonyl (C=O) groups excluding carboxylic acids is 2. The first kappa shape index (κ1) is 15.7. The average Bonchev–Trinajstić information content (AvgIpc) is 2.27. The fourth-order valence-corrected chi connectivity index (χ4v) is 1.61. The fourth-order valence-electron chi connectivity index (χ4n) is 1.61. The number of carbonyl (C=O) groups is 2. The van der Waals surface area contributed by atoms with Gasteiger partial charge in [0.15, 0.2) is 11.7 Å². The van der Waals surface area contributed by atoms with Crippen LogP contribution in [0.3, 0.4) is 0 Å². The van der Waals surface area contributed by atoms with Gasteiger partial charge in [-0.15, -0.1) is 0 Å². The van der Waals surface area contributed by atoms with E-state index in [1.807, 2.05) is 0 Å². The van der Waals surface area contributed by atoms with E-state index in [0.717, 1.165) is 25.1 Å². The number of ketones is 1. The zero-order chi connectivity index (χ0) is 15.5. The van der Waals surface area contributed by atoms with Crippen LogP contribution in [0, 0.1) is 24.2 Å². The van der Waals surface area contributed by atoms with Gasteiger partial charge < -0.3 is 5.32 Å². The molecule has 0 heterocycles. The summed E-state index contributed by atoms with van der Waals surface area (Å²) in [4.78, 5) is 22.6. The lowest BCUT2D eigenvalue weighted by molar-refractivity contribution is -0.138. The Bertz CT molecular complexity index is 588. The van der Waals surface area contributed by atoms with E-state index in [9.17, 15) is 22.8 Å². The van der Waals surface area contributed by atoms with Gasteiger partial charge in [0.2, 0.25) is 5.91 Å². The van der Waals surface area contributed by atoms with Gasteiger partial charge in [0.25, 0.3) is 0 Å². The number of Topliss-reactive ketones (excluding diaryl/α,β-unsaturated/α-hetero) is 1. The molecular formula is C13H11F3N2O2. The first-order chi connectivity index (χ1) is 9.16. The number of aryl methyl sites for hydroxylation is 1. The predicted molar refractivity (Wildman–Crippen MR) is 64.6 cm³/mol. The standard InChI is InChI=1S/C13H11F3N2O2/c1-7-5-9(3-4-11(7)13(14,15)16)18-12(20)10(6-17)8(2)19/h3-5,10H,1-2H3,(H,18,20). The Kier molecular flexibility index (Phi) is 4.50. The Morgan fingerprint density at radius 3 is 2.35 bits per heavy atom. The number of hydrogen-bond donors (Lipinski definition) is 1. The highest BCUT2D eigenvalue weighted by molar-refractivity contribution is 6.08. The monoisotopic (exact) mass is 284 g/mol. The fraction of sp³-hybridized carbons (Fsp3) is 0.308. The van der Waals surface area contributed by atoms with E-state index in [1.165, 1.54) is 13.0 Å². The number of nitrogens with one attached hydrogen (secondary N) is 1. The largest absolute Gasteiger partial charge is 0.416 e. The second-order valence-electron chi connectivity index (χ2n) is 4.19. The van der Waals surface area contributed by atoms with Gasteiger partial charge in [0.1, 0.15) is 0 Å². The van der Waals surface area contributed by atoms with Crippen LogP contribution in [0.25, 0.3) is 0 Å². The summed E-state index contributed by atoms with van der Waals surface area (Å²) in [6.07, 6.45) is -4.47. The van der Waals surface area contributed by atoms with Crippen LogP contribution in [0.4, 0.5) is 18.9 Å². The van der Waals surface area contributed by atoms with Crippen molar-refractivity contribution in [2.75, 3.05) is 5.32 Å². The van der Waals surface area contributed by atoms with E-state index >= 15 is 0 Å². The van der Waals surface area contributed by atoms with Crippen molar-refractivity contribution in [3.05, 3.63) is 29.3 Å². The molecule has 0 aliphatic rings. The van der Waals surface area contributed by atoms with E-state index in [0.29, 0.717) is 0 Å². The molecule has 1 aromatic rings. The van der Waals surface area contributed by atoms with Crippen molar-refractivity contribution in [2.45, 2.75) is 20.0 Å². The maximum Gasteiger partial charge on any atom is 0.416 e. The maximum absolute atomic E-state index is 12.6. The van der Waals surface area contributed by atoms with Crippen LogP contribution >= 0.6 is 0 Å². The number of nitrogens with zero attached hydrogens (tertiary/aromatic N) is 1. The smallest absolute Gasteiger partial charge is 0.325 e. The van der Waals surface area contributed by atoms with Gasteiger partial charge in [-0.1, -0.05) is 0 Å². The number of rotatable bonds is 3. The van der Waals surface area contributed by atoms with Crippen molar-refractivity contribution in [3.8, 4) is 6.07 Å². The summed E-state index contributed by atoms with van der Waals surface area (Å²) in [6, 6.07) is 4.57. The number of anilines is 1. The molecule has 4 nitrogen and oxygen atoms in total. The molecule has 1 unspecified atom stereocenters. The normalized spacial score (nSPS) is 12.4. The number of nitriles is 1. The minimum atomic E-state index is -4.47. The number of alkyl halides is 3. The number of benzene rings is 1. The van der Waals surface area contributed by atoms with Crippen LogP contribution in [0.15, 0.2) is 18.2 Å². The van der Waals surface area contributed by atoms with Crippen molar-refractivity contribution >= 4 is 17.4 Å². The van der Waals surface area contributed by atoms with Crippen molar-refractivity contribution in [3.63, 3.8) is 0 Å². The van der Waals surface area contributed by atoms with Gasteiger partial charge in [0, 0.05) is 5.69 Å². The SMILES string of the molecule is CC(=O)C(C#N)C(=O)Nc1ccc(C(F)(F)F)c(C)c1. The zero-order valence-corrected chi connectivity index (χ0v) is 10.7. The van der Waals surface area contributed by atoms with E-state index in [-0.39, 0.29) is 11.3 Å². The van der Waals surface area contributed by atoms with E-state index < -0.39 is 29.3 Å². The second-order valence-corrected chi connectivity index (χ2v) is 4.19. The highest BCUT2D eigenvalue weighted by Crippen LogP contribution is 2.32. The third-order valence-electron chi connectivity index (χ3n) is 2.60. The van der Waals surface area contributed by atoms with Crippen molar-refractivity contribution < 1.29 is 22.8 Å². The Balaban J connectivity index is 2.96. The molecule has 0 spiro atoms. The van der Waals surface area contributed by atoms with Crippen LogP contribution in [0.1, 0.15) is 18.1 Å². The number of halogens is 3. The maximum atomic E-state index is 12.6. The average molecular weight is 284 g/mol. The minimum Gasteiger partial charge on any atom is -0.325 e. The molecule has 1 atom stereocenters. The van der Waals surface area contributed by atoms with Gasteiger partial charge in [-0.05, 0) is 37.6 Å². The summed E-state index contributed by atoms with van der Waals surface area (Å²) in [7, 11) is 0. The molecule has 0 aliphatic carbocycles. The van der Waals surface area contributed by atoms with Crippen molar-refractivity contribution in [1.82, 2.24) is 0 Å². The molecular weight excluding hydrogens is 273 g/mol. The molecule has 0 saturated heterocycles. The summed E-state index contributed by atoms with van der Waals surface area (Å²) >= 11 is 0. The van der Waals surface area contributed by atoms with Gasteiger partial charge in [-0.3, -0.25) is 9.59 Å². The van der Waals surface area contributed by atoms with Crippen molar-refractivity contribution in [1.29, 1.82) is 5.26 Å². The lowest BCUT2D eigenvalue weighted by atomic mass is 10.1. The molecule has 0 saturated carbocycles. The quantitative estimate of drug-likeness (QED) is 0.867. The predicted octanol–water partition coefficient (Wildman–Crippen LogP) is 2.68. The molecule has 0 bridgehead atoms. The van der Waals surface area contributed by atoms with Crippen LogP contribution in [0.5, 0.6) is 0 Å². The van der Waals surface area contributed by atoms with E-state index in [4.69, 9.17) is 5.26 Å². The van der Waals surface area contributed by atoms with E-state index in [1.54, 1.807) is 0 Å². The van der Waals surface area contributed by atoms with Crippen LogP contribution in [-0.2, 0) is 15.8 Å².